The smallest absolute Gasteiger partial charge is 0.317 e. The second-order valence-electron chi connectivity index (χ2n) is 5.85. The lowest BCUT2D eigenvalue weighted by Gasteiger charge is -2.34. The van der Waals surface area contributed by atoms with Gasteiger partial charge in [0.15, 0.2) is 0 Å². The van der Waals surface area contributed by atoms with E-state index < -0.39 is 0 Å². The van der Waals surface area contributed by atoms with Gasteiger partial charge in [0.25, 0.3) is 0 Å². The standard InChI is InChI=1S/C17H26N2O2/c1-14-6-4-7-15(12-14)8-5-10-18-17(21)19-11-3-2-9-16(19)13-20/h4,6-7,12,16,20H,2-3,5,8-11,13H2,1H3,(H,18,21). The summed E-state index contributed by atoms with van der Waals surface area (Å²) >= 11 is 0. The molecule has 116 valence electrons. The fourth-order valence-corrected chi connectivity index (χ4v) is 2.91. The molecule has 1 aromatic rings. The van der Waals surface area contributed by atoms with E-state index in [4.69, 9.17) is 0 Å². The zero-order valence-electron chi connectivity index (χ0n) is 12.8. The number of nitrogens with zero attached hydrogens (tertiary/aromatic N) is 1. The second-order valence-corrected chi connectivity index (χ2v) is 5.85. The maximum atomic E-state index is 12.1. The van der Waals surface area contributed by atoms with Crippen molar-refractivity contribution in [3.8, 4) is 0 Å². The first-order valence-corrected chi connectivity index (χ1v) is 7.91. The van der Waals surface area contributed by atoms with Crippen molar-refractivity contribution < 1.29 is 9.90 Å². The number of aryl methyl sites for hydroxylation is 2. The Kier molecular flexibility index (Phi) is 6.05. The van der Waals surface area contributed by atoms with Gasteiger partial charge in [0, 0.05) is 13.1 Å². The largest absolute Gasteiger partial charge is 0.394 e. The van der Waals surface area contributed by atoms with Gasteiger partial charge in [0.05, 0.1) is 12.6 Å². The van der Waals surface area contributed by atoms with Crippen LogP contribution in [0.4, 0.5) is 4.79 Å². The van der Waals surface area contributed by atoms with E-state index in [0.717, 1.165) is 38.6 Å². The van der Waals surface area contributed by atoms with Gasteiger partial charge in [-0.25, -0.2) is 4.79 Å². The first-order valence-electron chi connectivity index (χ1n) is 7.91. The average molecular weight is 290 g/mol. The molecule has 1 heterocycles. The van der Waals surface area contributed by atoms with Crippen LogP contribution in [-0.4, -0.2) is 41.8 Å². The third kappa shape index (κ3) is 4.74. The van der Waals surface area contributed by atoms with Crippen molar-refractivity contribution in [3.05, 3.63) is 35.4 Å². The fraction of sp³-hybridized carbons (Fsp3) is 0.588. The molecule has 1 aliphatic heterocycles. The molecule has 4 heteroatoms. The topological polar surface area (TPSA) is 52.6 Å². The van der Waals surface area contributed by atoms with Crippen LogP contribution in [0.5, 0.6) is 0 Å². The molecule has 2 N–H and O–H groups in total. The average Bonchev–Trinajstić information content (AvgIpc) is 2.51. The molecule has 0 bridgehead atoms. The van der Waals surface area contributed by atoms with Gasteiger partial charge in [-0.05, 0) is 44.6 Å². The van der Waals surface area contributed by atoms with Gasteiger partial charge in [-0.2, -0.15) is 0 Å². The van der Waals surface area contributed by atoms with Crippen LogP contribution in [0.15, 0.2) is 24.3 Å². The number of hydrogen-bond acceptors (Lipinski definition) is 2. The molecule has 1 atom stereocenters. The number of hydrogen-bond donors (Lipinski definition) is 2. The summed E-state index contributed by atoms with van der Waals surface area (Å²) in [6.45, 7) is 3.60. The number of amides is 2. The van der Waals surface area contributed by atoms with Crippen molar-refractivity contribution in [2.45, 2.75) is 45.1 Å². The highest BCUT2D eigenvalue weighted by Crippen LogP contribution is 2.16. The molecule has 4 nitrogen and oxygen atoms in total. The number of aliphatic hydroxyl groups excluding tert-OH is 1. The van der Waals surface area contributed by atoms with Gasteiger partial charge in [-0.15, -0.1) is 0 Å². The van der Waals surface area contributed by atoms with E-state index in [-0.39, 0.29) is 18.7 Å². The Labute approximate surface area is 127 Å². The molecule has 2 rings (SSSR count). The zero-order valence-corrected chi connectivity index (χ0v) is 12.8. The van der Waals surface area contributed by atoms with Crippen molar-refractivity contribution in [1.82, 2.24) is 10.2 Å². The molecular weight excluding hydrogens is 264 g/mol. The molecular formula is C17H26N2O2. The Balaban J connectivity index is 1.71. The molecule has 2 amide bonds. The lowest BCUT2D eigenvalue weighted by atomic mass is 10.0. The molecule has 0 aliphatic carbocycles. The fourth-order valence-electron chi connectivity index (χ4n) is 2.91. The highest BCUT2D eigenvalue weighted by Gasteiger charge is 2.25. The van der Waals surface area contributed by atoms with E-state index in [1.807, 2.05) is 0 Å². The Morgan fingerprint density at radius 2 is 2.29 bits per heavy atom. The Hall–Kier alpha value is -1.55. The molecule has 1 fully saturated rings. The van der Waals surface area contributed by atoms with Crippen LogP contribution in [0.2, 0.25) is 0 Å². The molecule has 1 unspecified atom stereocenters. The number of piperidine rings is 1. The van der Waals surface area contributed by atoms with Crippen molar-refractivity contribution in [1.29, 1.82) is 0 Å². The number of benzene rings is 1. The van der Waals surface area contributed by atoms with E-state index in [9.17, 15) is 9.90 Å². The van der Waals surface area contributed by atoms with Crippen LogP contribution >= 0.6 is 0 Å². The second kappa shape index (κ2) is 8.03. The van der Waals surface area contributed by atoms with E-state index >= 15 is 0 Å². The summed E-state index contributed by atoms with van der Waals surface area (Å²) in [5.74, 6) is 0. The summed E-state index contributed by atoms with van der Waals surface area (Å²) in [4.78, 5) is 13.9. The molecule has 21 heavy (non-hydrogen) atoms. The van der Waals surface area contributed by atoms with Gasteiger partial charge in [0.2, 0.25) is 0 Å². The van der Waals surface area contributed by atoms with E-state index in [0.29, 0.717) is 6.54 Å². The van der Waals surface area contributed by atoms with Crippen LogP contribution in [0, 0.1) is 6.92 Å². The molecule has 1 saturated heterocycles. The van der Waals surface area contributed by atoms with Crippen LogP contribution in [-0.2, 0) is 6.42 Å². The quantitative estimate of drug-likeness (QED) is 0.819. The highest BCUT2D eigenvalue weighted by molar-refractivity contribution is 5.74. The number of urea groups is 1. The Morgan fingerprint density at radius 3 is 3.05 bits per heavy atom. The number of likely N-dealkylation sites (tertiary alicyclic amines) is 1. The van der Waals surface area contributed by atoms with E-state index in [2.05, 4.69) is 36.5 Å². The minimum atomic E-state index is -0.0296. The highest BCUT2D eigenvalue weighted by atomic mass is 16.3. The summed E-state index contributed by atoms with van der Waals surface area (Å²) in [6.07, 6.45) is 4.96. The van der Waals surface area contributed by atoms with Gasteiger partial charge in [0.1, 0.15) is 0 Å². The predicted molar refractivity (Wildman–Crippen MR) is 84.3 cm³/mol. The normalized spacial score (nSPS) is 18.6. The molecule has 0 aromatic heterocycles. The number of carbonyl (C=O) groups is 1. The minimum absolute atomic E-state index is 0.00415. The zero-order chi connectivity index (χ0) is 15.1. The van der Waals surface area contributed by atoms with E-state index in [1.54, 1.807) is 4.90 Å². The monoisotopic (exact) mass is 290 g/mol. The first kappa shape index (κ1) is 15.8. The SMILES string of the molecule is Cc1cccc(CCCNC(=O)N2CCCCC2CO)c1. The summed E-state index contributed by atoms with van der Waals surface area (Å²) in [5.41, 5.74) is 2.59. The number of aliphatic hydroxyl groups is 1. The lowest BCUT2D eigenvalue weighted by Crippen LogP contribution is -2.50. The summed E-state index contributed by atoms with van der Waals surface area (Å²) < 4.78 is 0. The van der Waals surface area contributed by atoms with Crippen LogP contribution in [0.3, 0.4) is 0 Å². The van der Waals surface area contributed by atoms with Crippen LogP contribution in [0.1, 0.15) is 36.8 Å². The Morgan fingerprint density at radius 1 is 1.43 bits per heavy atom. The maximum Gasteiger partial charge on any atom is 0.317 e. The summed E-state index contributed by atoms with van der Waals surface area (Å²) in [6, 6.07) is 8.45. The molecule has 1 aliphatic rings. The van der Waals surface area contributed by atoms with Gasteiger partial charge < -0.3 is 15.3 Å². The molecule has 0 saturated carbocycles. The van der Waals surface area contributed by atoms with Crippen molar-refractivity contribution in [2.24, 2.45) is 0 Å². The van der Waals surface area contributed by atoms with Gasteiger partial charge in [-0.1, -0.05) is 29.8 Å². The molecule has 1 aromatic carbocycles. The molecule has 0 spiro atoms. The predicted octanol–water partition coefficient (Wildman–Crippen LogP) is 2.48. The van der Waals surface area contributed by atoms with Gasteiger partial charge in [-0.3, -0.25) is 0 Å². The van der Waals surface area contributed by atoms with Crippen molar-refractivity contribution >= 4 is 6.03 Å². The third-order valence-corrected chi connectivity index (χ3v) is 4.10. The number of carbonyl (C=O) groups excluding carboxylic acids is 1. The lowest BCUT2D eigenvalue weighted by molar-refractivity contribution is 0.108. The van der Waals surface area contributed by atoms with Crippen molar-refractivity contribution in [2.75, 3.05) is 19.7 Å². The van der Waals surface area contributed by atoms with E-state index in [1.165, 1.54) is 11.1 Å². The van der Waals surface area contributed by atoms with Crippen LogP contribution in [0.25, 0.3) is 0 Å². The van der Waals surface area contributed by atoms with Crippen molar-refractivity contribution in [3.63, 3.8) is 0 Å². The summed E-state index contributed by atoms with van der Waals surface area (Å²) in [5, 5.41) is 12.3. The molecule has 0 radical (unpaired) electrons. The van der Waals surface area contributed by atoms with Gasteiger partial charge >= 0.3 is 6.03 Å². The number of rotatable bonds is 5. The summed E-state index contributed by atoms with van der Waals surface area (Å²) in [7, 11) is 0. The first-order chi connectivity index (χ1) is 10.2. The number of nitrogens with one attached hydrogen (secondary N) is 1. The Bertz CT molecular complexity index is 462. The minimum Gasteiger partial charge on any atom is -0.394 e. The maximum absolute atomic E-state index is 12.1. The van der Waals surface area contributed by atoms with Crippen LogP contribution < -0.4 is 5.32 Å². The third-order valence-electron chi connectivity index (χ3n) is 4.10.